The van der Waals surface area contributed by atoms with Crippen LogP contribution in [0, 0.1) is 18.3 Å². The van der Waals surface area contributed by atoms with Crippen molar-refractivity contribution in [2.75, 3.05) is 5.32 Å². The van der Waals surface area contributed by atoms with Crippen molar-refractivity contribution in [2.24, 2.45) is 0 Å². The highest BCUT2D eigenvalue weighted by molar-refractivity contribution is 6.09. The Morgan fingerprint density at radius 3 is 2.33 bits per heavy atom. The molecular formula is C22H15F3N2O3. The number of furan rings is 1. The van der Waals surface area contributed by atoms with Gasteiger partial charge in [0, 0.05) is 17.3 Å². The average molecular weight is 412 g/mol. The molecule has 1 N–H and O–H groups in total. The molecular weight excluding hydrogens is 397 g/mol. The number of nitriles is 1. The maximum atomic E-state index is 12.3. The van der Waals surface area contributed by atoms with Crippen LogP contribution >= 0.6 is 0 Å². The number of hydrogen-bond acceptors (Lipinski definition) is 4. The highest BCUT2D eigenvalue weighted by Crippen LogP contribution is 2.25. The van der Waals surface area contributed by atoms with Crippen molar-refractivity contribution in [3.8, 4) is 23.1 Å². The standard InChI is InChI=1S/C22H15F3N2O3/c1-14-2-4-15(5-3-14)20-11-10-19(29-20)12-16(13-26)21(28)27-17-6-8-18(9-7-17)30-22(23,24)25/h2-12H,1H3,(H,27,28)/b16-12+. The molecule has 0 bridgehead atoms. The van der Waals surface area contributed by atoms with Gasteiger partial charge in [-0.2, -0.15) is 5.26 Å². The molecule has 0 fully saturated rings. The summed E-state index contributed by atoms with van der Waals surface area (Å²) in [4.78, 5) is 12.3. The van der Waals surface area contributed by atoms with Gasteiger partial charge in [-0.3, -0.25) is 4.79 Å². The van der Waals surface area contributed by atoms with E-state index in [9.17, 15) is 23.2 Å². The van der Waals surface area contributed by atoms with E-state index in [0.717, 1.165) is 23.3 Å². The number of nitrogens with zero attached hydrogens (tertiary/aromatic N) is 1. The molecule has 3 aromatic rings. The molecule has 152 valence electrons. The fourth-order valence-electron chi connectivity index (χ4n) is 2.53. The van der Waals surface area contributed by atoms with Crippen LogP contribution in [0.2, 0.25) is 0 Å². The van der Waals surface area contributed by atoms with Crippen molar-refractivity contribution in [3.63, 3.8) is 0 Å². The summed E-state index contributed by atoms with van der Waals surface area (Å²) < 4.78 is 46.0. The maximum Gasteiger partial charge on any atom is 0.573 e. The molecule has 0 radical (unpaired) electrons. The third-order valence-corrected chi connectivity index (χ3v) is 3.96. The lowest BCUT2D eigenvalue weighted by Gasteiger charge is -2.09. The highest BCUT2D eigenvalue weighted by atomic mass is 19.4. The van der Waals surface area contributed by atoms with Gasteiger partial charge in [-0.15, -0.1) is 13.2 Å². The monoisotopic (exact) mass is 412 g/mol. The highest BCUT2D eigenvalue weighted by Gasteiger charge is 2.31. The summed E-state index contributed by atoms with van der Waals surface area (Å²) in [7, 11) is 0. The third kappa shape index (κ3) is 5.52. The summed E-state index contributed by atoms with van der Waals surface area (Å²) in [5.74, 6) is -0.253. The number of rotatable bonds is 5. The van der Waals surface area contributed by atoms with Gasteiger partial charge in [0.1, 0.15) is 28.9 Å². The van der Waals surface area contributed by atoms with Gasteiger partial charge in [-0.05, 0) is 43.3 Å². The Morgan fingerprint density at radius 2 is 1.73 bits per heavy atom. The minimum atomic E-state index is -4.80. The number of aryl methyl sites for hydroxylation is 1. The number of hydrogen-bond donors (Lipinski definition) is 1. The van der Waals surface area contributed by atoms with E-state index in [4.69, 9.17) is 4.42 Å². The first-order valence-electron chi connectivity index (χ1n) is 8.69. The topological polar surface area (TPSA) is 75.3 Å². The Hall–Kier alpha value is -3.99. The average Bonchev–Trinajstić information content (AvgIpc) is 3.15. The summed E-state index contributed by atoms with van der Waals surface area (Å²) in [6, 6.07) is 17.4. The summed E-state index contributed by atoms with van der Waals surface area (Å²) in [6.45, 7) is 1.97. The Balaban J connectivity index is 1.71. The predicted molar refractivity (Wildman–Crippen MR) is 104 cm³/mol. The fraction of sp³-hybridized carbons (Fsp3) is 0.0909. The van der Waals surface area contributed by atoms with E-state index in [0.29, 0.717) is 11.5 Å². The van der Waals surface area contributed by atoms with E-state index in [1.54, 1.807) is 18.2 Å². The summed E-state index contributed by atoms with van der Waals surface area (Å²) in [5.41, 5.74) is 1.93. The van der Waals surface area contributed by atoms with E-state index in [1.165, 1.54) is 18.2 Å². The predicted octanol–water partition coefficient (Wildman–Crippen LogP) is 5.70. The second-order valence-electron chi connectivity index (χ2n) is 6.26. The molecule has 1 aromatic heterocycles. The van der Waals surface area contributed by atoms with Crippen LogP contribution in [0.25, 0.3) is 17.4 Å². The zero-order chi connectivity index (χ0) is 21.7. The van der Waals surface area contributed by atoms with Gasteiger partial charge in [0.25, 0.3) is 5.91 Å². The van der Waals surface area contributed by atoms with E-state index in [2.05, 4.69) is 10.1 Å². The zero-order valence-electron chi connectivity index (χ0n) is 15.7. The molecule has 0 aliphatic carbocycles. The van der Waals surface area contributed by atoms with Crippen LogP contribution < -0.4 is 10.1 Å². The minimum Gasteiger partial charge on any atom is -0.457 e. The molecule has 8 heteroatoms. The van der Waals surface area contributed by atoms with Crippen molar-refractivity contribution in [2.45, 2.75) is 13.3 Å². The number of alkyl halides is 3. The van der Waals surface area contributed by atoms with Gasteiger partial charge in [0.05, 0.1) is 0 Å². The van der Waals surface area contributed by atoms with Gasteiger partial charge in [0.2, 0.25) is 0 Å². The van der Waals surface area contributed by atoms with Crippen molar-refractivity contribution in [1.82, 2.24) is 0 Å². The number of benzene rings is 2. The molecule has 0 atom stereocenters. The van der Waals surface area contributed by atoms with E-state index in [1.807, 2.05) is 31.2 Å². The van der Waals surface area contributed by atoms with E-state index in [-0.39, 0.29) is 11.3 Å². The molecule has 2 aromatic carbocycles. The van der Waals surface area contributed by atoms with E-state index >= 15 is 0 Å². The number of carbonyl (C=O) groups is 1. The van der Waals surface area contributed by atoms with Gasteiger partial charge < -0.3 is 14.5 Å². The Bertz CT molecular complexity index is 1110. The first-order chi connectivity index (χ1) is 14.2. The smallest absolute Gasteiger partial charge is 0.457 e. The number of carbonyl (C=O) groups excluding carboxylic acids is 1. The second-order valence-corrected chi connectivity index (χ2v) is 6.26. The Morgan fingerprint density at radius 1 is 1.07 bits per heavy atom. The minimum absolute atomic E-state index is 0.204. The SMILES string of the molecule is Cc1ccc(-c2ccc(/C=C(\C#N)C(=O)Nc3ccc(OC(F)(F)F)cc3)o2)cc1. The molecule has 0 unspecified atom stereocenters. The van der Waals surface area contributed by atoms with Crippen LogP contribution in [0.5, 0.6) is 5.75 Å². The zero-order valence-corrected chi connectivity index (χ0v) is 15.7. The Kier molecular flexibility index (Phi) is 5.93. The Labute approximate surface area is 170 Å². The number of nitrogens with one attached hydrogen (secondary N) is 1. The molecule has 1 amide bonds. The molecule has 0 aliphatic heterocycles. The summed E-state index contributed by atoms with van der Waals surface area (Å²) >= 11 is 0. The first-order valence-corrected chi connectivity index (χ1v) is 8.69. The summed E-state index contributed by atoms with van der Waals surface area (Å²) in [6.07, 6.45) is -3.52. The van der Waals surface area contributed by atoms with Crippen LogP contribution in [0.1, 0.15) is 11.3 Å². The number of halogens is 3. The molecule has 1 heterocycles. The normalized spacial score (nSPS) is 11.6. The molecule has 30 heavy (non-hydrogen) atoms. The molecule has 0 saturated carbocycles. The largest absolute Gasteiger partial charge is 0.573 e. The third-order valence-electron chi connectivity index (χ3n) is 3.96. The van der Waals surface area contributed by atoms with Gasteiger partial charge in [-0.1, -0.05) is 29.8 Å². The number of ether oxygens (including phenoxy) is 1. The lowest BCUT2D eigenvalue weighted by atomic mass is 10.1. The molecule has 0 saturated heterocycles. The van der Waals surface area contributed by atoms with Crippen LogP contribution in [0.3, 0.4) is 0 Å². The molecule has 3 rings (SSSR count). The lowest BCUT2D eigenvalue weighted by Crippen LogP contribution is -2.17. The van der Waals surface area contributed by atoms with Crippen molar-refractivity contribution in [1.29, 1.82) is 5.26 Å². The first kappa shape index (κ1) is 20.7. The second kappa shape index (κ2) is 8.57. The van der Waals surface area contributed by atoms with E-state index < -0.39 is 18.0 Å². The molecule has 5 nitrogen and oxygen atoms in total. The summed E-state index contributed by atoms with van der Waals surface area (Å²) in [5, 5.41) is 11.7. The van der Waals surface area contributed by atoms with Crippen LogP contribution in [-0.2, 0) is 4.79 Å². The van der Waals surface area contributed by atoms with Crippen molar-refractivity contribution >= 4 is 17.7 Å². The van der Waals surface area contributed by atoms with Crippen LogP contribution in [-0.4, -0.2) is 12.3 Å². The lowest BCUT2D eigenvalue weighted by molar-refractivity contribution is -0.274. The van der Waals surface area contributed by atoms with Gasteiger partial charge >= 0.3 is 6.36 Å². The van der Waals surface area contributed by atoms with Crippen LogP contribution in [0.4, 0.5) is 18.9 Å². The molecule has 0 aliphatic rings. The van der Waals surface area contributed by atoms with Crippen molar-refractivity contribution in [3.05, 3.63) is 77.6 Å². The van der Waals surface area contributed by atoms with Crippen LogP contribution in [0.15, 0.2) is 70.7 Å². The fourth-order valence-corrected chi connectivity index (χ4v) is 2.53. The number of anilines is 1. The van der Waals surface area contributed by atoms with Gasteiger partial charge in [0.15, 0.2) is 0 Å². The quantitative estimate of drug-likeness (QED) is 0.431. The number of amides is 1. The maximum absolute atomic E-state index is 12.3. The molecule has 0 spiro atoms. The van der Waals surface area contributed by atoms with Gasteiger partial charge in [-0.25, -0.2) is 0 Å². The van der Waals surface area contributed by atoms with Crippen molar-refractivity contribution < 1.29 is 27.1 Å².